The summed E-state index contributed by atoms with van der Waals surface area (Å²) in [5.74, 6) is 0. The molecule has 0 radical (unpaired) electrons. The number of benzene rings is 1. The van der Waals surface area contributed by atoms with Gasteiger partial charge in [-0.15, -0.1) is 0 Å². The topological polar surface area (TPSA) is 32.3 Å². The van der Waals surface area contributed by atoms with E-state index in [1.54, 1.807) is 0 Å². The van der Waals surface area contributed by atoms with Crippen molar-refractivity contribution >= 4 is 0 Å². The molecule has 0 amide bonds. The first-order valence-corrected chi connectivity index (χ1v) is 8.23. The molecule has 1 rings (SSSR count). The van der Waals surface area contributed by atoms with Crippen LogP contribution in [0, 0.1) is 0 Å². The highest BCUT2D eigenvalue weighted by Gasteiger charge is 2.18. The minimum atomic E-state index is -0.405. The Morgan fingerprint density at radius 2 is 1.70 bits per heavy atom. The summed E-state index contributed by atoms with van der Waals surface area (Å²) >= 11 is 0. The second-order valence-electron chi connectivity index (χ2n) is 5.61. The van der Waals surface area contributed by atoms with Gasteiger partial charge in [0.25, 0.3) is 0 Å². The van der Waals surface area contributed by atoms with Gasteiger partial charge in [0.1, 0.15) is 0 Å². The van der Waals surface area contributed by atoms with Crippen molar-refractivity contribution in [3.63, 3.8) is 0 Å². The van der Waals surface area contributed by atoms with E-state index in [4.69, 9.17) is 0 Å². The maximum absolute atomic E-state index is 10.5. The van der Waals surface area contributed by atoms with E-state index in [9.17, 15) is 5.11 Å². The molecular formula is C18H31NO. The molecule has 1 aromatic rings. The average molecular weight is 277 g/mol. The van der Waals surface area contributed by atoms with E-state index >= 15 is 0 Å². The van der Waals surface area contributed by atoms with E-state index in [-0.39, 0.29) is 6.04 Å². The molecule has 2 N–H and O–H groups in total. The van der Waals surface area contributed by atoms with Crippen LogP contribution in [0.25, 0.3) is 0 Å². The third kappa shape index (κ3) is 5.64. The van der Waals surface area contributed by atoms with Crippen LogP contribution in [-0.2, 0) is 6.42 Å². The summed E-state index contributed by atoms with van der Waals surface area (Å²) in [6.45, 7) is 7.53. The number of aryl methyl sites for hydroxylation is 1. The molecule has 2 unspecified atom stereocenters. The minimum absolute atomic E-state index is 0.156. The first kappa shape index (κ1) is 17.2. The summed E-state index contributed by atoms with van der Waals surface area (Å²) < 4.78 is 0. The van der Waals surface area contributed by atoms with Crippen LogP contribution in [0.1, 0.15) is 70.1 Å². The van der Waals surface area contributed by atoms with Crippen LogP contribution in [-0.4, -0.2) is 17.7 Å². The normalized spacial score (nSPS) is 14.2. The Balaban J connectivity index is 2.53. The maximum Gasteiger partial charge on any atom is 0.0942 e. The third-order valence-corrected chi connectivity index (χ3v) is 3.87. The molecular weight excluding hydrogens is 246 g/mol. The quantitative estimate of drug-likeness (QED) is 0.627. The van der Waals surface area contributed by atoms with E-state index in [2.05, 4.69) is 50.4 Å². The van der Waals surface area contributed by atoms with Crippen molar-refractivity contribution in [2.45, 2.75) is 71.4 Å². The van der Waals surface area contributed by atoms with Crippen LogP contribution in [0.4, 0.5) is 0 Å². The predicted molar refractivity (Wildman–Crippen MR) is 87.0 cm³/mol. The molecule has 0 bridgehead atoms. The molecule has 1 aromatic carbocycles. The van der Waals surface area contributed by atoms with E-state index in [1.165, 1.54) is 31.2 Å². The Bertz CT molecular complexity index is 347. The number of aliphatic hydroxyl groups is 1. The lowest BCUT2D eigenvalue weighted by molar-refractivity contribution is 0.126. The fraction of sp³-hybridized carbons (Fsp3) is 0.667. The van der Waals surface area contributed by atoms with Gasteiger partial charge in [0.15, 0.2) is 0 Å². The first-order chi connectivity index (χ1) is 9.72. The van der Waals surface area contributed by atoms with E-state index in [0.717, 1.165) is 24.9 Å². The zero-order chi connectivity index (χ0) is 14.8. The monoisotopic (exact) mass is 277 g/mol. The Morgan fingerprint density at radius 3 is 2.25 bits per heavy atom. The Kier molecular flexibility index (Phi) is 8.56. The van der Waals surface area contributed by atoms with Crippen molar-refractivity contribution in [2.75, 3.05) is 6.54 Å². The van der Waals surface area contributed by atoms with Crippen LogP contribution >= 0.6 is 0 Å². The number of rotatable bonds is 10. The fourth-order valence-corrected chi connectivity index (χ4v) is 2.54. The van der Waals surface area contributed by atoms with Crippen molar-refractivity contribution in [3.8, 4) is 0 Å². The summed E-state index contributed by atoms with van der Waals surface area (Å²) in [6.07, 6.45) is 6.50. The summed E-state index contributed by atoms with van der Waals surface area (Å²) in [6, 6.07) is 8.60. The van der Waals surface area contributed by atoms with Crippen molar-refractivity contribution in [1.82, 2.24) is 5.32 Å². The number of nitrogens with one attached hydrogen (secondary N) is 1. The van der Waals surface area contributed by atoms with Gasteiger partial charge >= 0.3 is 0 Å². The largest absolute Gasteiger partial charge is 0.387 e. The van der Waals surface area contributed by atoms with E-state index in [1.807, 2.05) is 0 Å². The Labute approximate surface area is 124 Å². The molecule has 20 heavy (non-hydrogen) atoms. The van der Waals surface area contributed by atoms with E-state index < -0.39 is 6.10 Å². The highest BCUT2D eigenvalue weighted by atomic mass is 16.3. The summed E-state index contributed by atoms with van der Waals surface area (Å²) in [5, 5.41) is 14.0. The molecule has 114 valence electrons. The molecule has 2 heteroatoms. The molecule has 2 atom stereocenters. The Morgan fingerprint density at radius 1 is 1.00 bits per heavy atom. The van der Waals surface area contributed by atoms with Crippen LogP contribution in [0.2, 0.25) is 0 Å². The maximum atomic E-state index is 10.5. The van der Waals surface area contributed by atoms with Crippen LogP contribution < -0.4 is 5.32 Å². The lowest BCUT2D eigenvalue weighted by atomic mass is 9.98. The molecule has 0 saturated heterocycles. The molecule has 0 fully saturated rings. The first-order valence-electron chi connectivity index (χ1n) is 8.23. The van der Waals surface area contributed by atoms with Gasteiger partial charge in [0.05, 0.1) is 6.10 Å². The van der Waals surface area contributed by atoms with Gasteiger partial charge in [-0.05, 0) is 36.9 Å². The average Bonchev–Trinajstić information content (AvgIpc) is 2.48. The summed E-state index contributed by atoms with van der Waals surface area (Å²) in [7, 11) is 0. The number of hydrogen-bond donors (Lipinski definition) is 2. The van der Waals surface area contributed by atoms with Crippen molar-refractivity contribution < 1.29 is 5.11 Å². The summed E-state index contributed by atoms with van der Waals surface area (Å²) in [5.41, 5.74) is 2.38. The molecule has 0 saturated carbocycles. The van der Waals surface area contributed by atoms with Crippen LogP contribution in [0.5, 0.6) is 0 Å². The molecule has 0 aliphatic carbocycles. The smallest absolute Gasteiger partial charge is 0.0942 e. The summed E-state index contributed by atoms with van der Waals surface area (Å²) in [4.78, 5) is 0. The van der Waals surface area contributed by atoms with Gasteiger partial charge in [0, 0.05) is 6.04 Å². The minimum Gasteiger partial charge on any atom is -0.387 e. The molecule has 0 aliphatic heterocycles. The molecule has 2 nitrogen and oxygen atoms in total. The molecule has 0 aliphatic rings. The van der Waals surface area contributed by atoms with Crippen LogP contribution in [0.15, 0.2) is 24.3 Å². The molecule has 0 heterocycles. The van der Waals surface area contributed by atoms with Gasteiger partial charge < -0.3 is 10.4 Å². The highest BCUT2D eigenvalue weighted by molar-refractivity contribution is 5.25. The number of hydrogen-bond acceptors (Lipinski definition) is 2. The predicted octanol–water partition coefficient (Wildman–Crippen LogP) is 4.23. The zero-order valence-corrected chi connectivity index (χ0v) is 13.4. The van der Waals surface area contributed by atoms with E-state index in [0.29, 0.717) is 0 Å². The van der Waals surface area contributed by atoms with Gasteiger partial charge in [-0.1, -0.05) is 64.3 Å². The van der Waals surface area contributed by atoms with Crippen molar-refractivity contribution in [1.29, 1.82) is 0 Å². The highest BCUT2D eigenvalue weighted by Crippen LogP contribution is 2.20. The Hall–Kier alpha value is -0.860. The number of aliphatic hydroxyl groups excluding tert-OH is 1. The van der Waals surface area contributed by atoms with Gasteiger partial charge in [-0.2, -0.15) is 0 Å². The second-order valence-corrected chi connectivity index (χ2v) is 5.61. The standard InChI is InChI=1S/C18H31NO/c1-4-7-8-14-19-17(6-3)18(20)16-12-10-15(9-5-2)11-13-16/h10-13,17-20H,4-9,14H2,1-3H3. The van der Waals surface area contributed by atoms with Gasteiger partial charge in [-0.3, -0.25) is 0 Å². The van der Waals surface area contributed by atoms with Gasteiger partial charge in [0.2, 0.25) is 0 Å². The third-order valence-electron chi connectivity index (χ3n) is 3.87. The van der Waals surface area contributed by atoms with Crippen LogP contribution in [0.3, 0.4) is 0 Å². The lowest BCUT2D eigenvalue weighted by Crippen LogP contribution is -2.35. The fourth-order valence-electron chi connectivity index (χ4n) is 2.54. The van der Waals surface area contributed by atoms with Crippen molar-refractivity contribution in [2.24, 2.45) is 0 Å². The van der Waals surface area contributed by atoms with Gasteiger partial charge in [-0.25, -0.2) is 0 Å². The lowest BCUT2D eigenvalue weighted by Gasteiger charge is -2.23. The second kappa shape index (κ2) is 9.95. The SMILES string of the molecule is CCCCCNC(CC)C(O)c1ccc(CCC)cc1. The molecule has 0 spiro atoms. The van der Waals surface area contributed by atoms with Crippen molar-refractivity contribution in [3.05, 3.63) is 35.4 Å². The zero-order valence-electron chi connectivity index (χ0n) is 13.4. The molecule has 0 aromatic heterocycles. The number of unbranched alkanes of at least 4 members (excludes halogenated alkanes) is 2.